The summed E-state index contributed by atoms with van der Waals surface area (Å²) in [6, 6.07) is 10.8. The molecule has 4 rings (SSSR count). The summed E-state index contributed by atoms with van der Waals surface area (Å²) in [6.45, 7) is 1.67. The normalized spacial score (nSPS) is 20.7. The van der Waals surface area contributed by atoms with Crippen molar-refractivity contribution in [2.75, 3.05) is 6.61 Å². The first-order valence-electron chi connectivity index (χ1n) is 10.1. The lowest BCUT2D eigenvalue weighted by atomic mass is 9.99. The summed E-state index contributed by atoms with van der Waals surface area (Å²) in [6.07, 6.45) is 0.0452. The largest absolute Gasteiger partial charge is 0.484 e. The zero-order valence-corrected chi connectivity index (χ0v) is 18.0. The number of carbonyl (C=O) groups is 1. The minimum absolute atomic E-state index is 0.0278. The topological polar surface area (TPSA) is 110 Å². The number of aliphatic hydroxyl groups is 1. The fourth-order valence-electron chi connectivity index (χ4n) is 3.41. The van der Waals surface area contributed by atoms with E-state index in [4.69, 9.17) is 20.8 Å². The summed E-state index contributed by atoms with van der Waals surface area (Å²) < 4.78 is 24.5. The van der Waals surface area contributed by atoms with E-state index in [1.54, 1.807) is 0 Å². The predicted molar refractivity (Wildman–Crippen MR) is 114 cm³/mol. The Labute approximate surface area is 188 Å². The Morgan fingerprint density at radius 2 is 2.06 bits per heavy atom. The summed E-state index contributed by atoms with van der Waals surface area (Å²) in [5.41, 5.74) is 1.95. The van der Waals surface area contributed by atoms with Crippen molar-refractivity contribution in [1.82, 2.24) is 20.8 Å². The van der Waals surface area contributed by atoms with Gasteiger partial charge >= 0.3 is 0 Å². The molecule has 1 aliphatic rings. The van der Waals surface area contributed by atoms with Crippen LogP contribution in [0, 0.1) is 12.7 Å². The Hall–Kier alpha value is -3.01. The summed E-state index contributed by atoms with van der Waals surface area (Å²) in [7, 11) is 0. The number of aromatic nitrogens is 2. The average molecular weight is 461 g/mol. The maximum absolute atomic E-state index is 13.4. The third-order valence-corrected chi connectivity index (χ3v) is 5.47. The van der Waals surface area contributed by atoms with Crippen LogP contribution in [0.1, 0.15) is 30.3 Å². The van der Waals surface area contributed by atoms with Crippen molar-refractivity contribution in [3.63, 3.8) is 0 Å². The number of hydrogen-bond acceptors (Lipinski definition) is 7. The highest BCUT2D eigenvalue weighted by molar-refractivity contribution is 6.30. The molecule has 0 aliphatic carbocycles. The van der Waals surface area contributed by atoms with Crippen molar-refractivity contribution < 1.29 is 23.4 Å². The number of benzene rings is 2. The molecule has 2 heterocycles. The van der Waals surface area contributed by atoms with Gasteiger partial charge in [-0.1, -0.05) is 29.3 Å². The van der Waals surface area contributed by atoms with Crippen LogP contribution >= 0.6 is 11.6 Å². The maximum atomic E-state index is 13.4. The number of aliphatic hydroxyl groups excluding tert-OH is 1. The summed E-state index contributed by atoms with van der Waals surface area (Å²) in [5.74, 6) is -0.108. The third-order valence-electron chi connectivity index (χ3n) is 5.16. The lowest BCUT2D eigenvalue weighted by molar-refractivity contribution is -0.125. The molecule has 2 unspecified atom stereocenters. The number of piperidine rings is 1. The van der Waals surface area contributed by atoms with E-state index in [9.17, 15) is 14.3 Å². The van der Waals surface area contributed by atoms with E-state index in [0.29, 0.717) is 24.6 Å². The van der Waals surface area contributed by atoms with E-state index in [2.05, 4.69) is 20.8 Å². The van der Waals surface area contributed by atoms with Gasteiger partial charge in [0.15, 0.2) is 6.61 Å². The zero-order valence-electron chi connectivity index (χ0n) is 17.2. The lowest BCUT2D eigenvalue weighted by Crippen LogP contribution is -2.55. The van der Waals surface area contributed by atoms with Crippen LogP contribution in [-0.4, -0.2) is 40.1 Å². The monoisotopic (exact) mass is 460 g/mol. The van der Waals surface area contributed by atoms with Gasteiger partial charge in [0, 0.05) is 11.6 Å². The molecule has 2 aromatic carbocycles. The first-order chi connectivity index (χ1) is 15.4. The molecule has 0 bridgehead atoms. The Kier molecular flexibility index (Phi) is 6.69. The fourth-order valence-corrected chi connectivity index (χ4v) is 3.53. The number of nitrogens with zero attached hydrogens (tertiary/aromatic N) is 2. The molecule has 1 saturated heterocycles. The standard InChI is InChI=1S/C22H22ClFN4O4/c1-12-2-4-13(5-3-12)21-27-28-22(32-21)18-9-8-17(20(30)26-18)25-19(29)11-31-14-6-7-15(23)16(24)10-14/h2-7,10,17-18,20,26,30H,8-9,11H2,1H3,(H,25,29)/t17?,18-,20?/m0/s1. The first-order valence-corrected chi connectivity index (χ1v) is 10.5. The number of nitrogens with one attached hydrogen (secondary N) is 2. The van der Waals surface area contributed by atoms with E-state index in [0.717, 1.165) is 17.2 Å². The van der Waals surface area contributed by atoms with E-state index < -0.39 is 24.0 Å². The second-order valence-electron chi connectivity index (χ2n) is 7.59. The molecule has 0 radical (unpaired) electrons. The molecule has 1 fully saturated rings. The number of ether oxygens (including phenoxy) is 1. The van der Waals surface area contributed by atoms with Gasteiger partial charge < -0.3 is 19.6 Å². The van der Waals surface area contributed by atoms with E-state index in [1.165, 1.54) is 12.1 Å². The second-order valence-corrected chi connectivity index (χ2v) is 8.00. The number of amides is 1. The van der Waals surface area contributed by atoms with Crippen molar-refractivity contribution in [3.8, 4) is 17.2 Å². The van der Waals surface area contributed by atoms with Crippen LogP contribution in [0.3, 0.4) is 0 Å². The molecule has 3 N–H and O–H groups in total. The molecule has 32 heavy (non-hydrogen) atoms. The van der Waals surface area contributed by atoms with Crippen molar-refractivity contribution in [1.29, 1.82) is 0 Å². The fraction of sp³-hybridized carbons (Fsp3) is 0.318. The SMILES string of the molecule is Cc1ccc(-c2nnc([C@@H]3CCC(NC(=O)COc4ccc(Cl)c(F)c4)C(O)N3)o2)cc1. The number of hydrogen-bond donors (Lipinski definition) is 3. The maximum Gasteiger partial charge on any atom is 0.258 e. The molecule has 8 nitrogen and oxygen atoms in total. The molecule has 3 atom stereocenters. The summed E-state index contributed by atoms with van der Waals surface area (Å²) in [5, 5.41) is 24.3. The van der Waals surface area contributed by atoms with Crippen LogP contribution < -0.4 is 15.4 Å². The van der Waals surface area contributed by atoms with Crippen molar-refractivity contribution >= 4 is 17.5 Å². The molecule has 3 aromatic rings. The summed E-state index contributed by atoms with van der Waals surface area (Å²) >= 11 is 5.62. The highest BCUT2D eigenvalue weighted by Gasteiger charge is 2.33. The third kappa shape index (κ3) is 5.24. The molecule has 1 aromatic heterocycles. The van der Waals surface area contributed by atoms with Gasteiger partial charge in [0.2, 0.25) is 11.8 Å². The van der Waals surface area contributed by atoms with Crippen LogP contribution in [-0.2, 0) is 4.79 Å². The van der Waals surface area contributed by atoms with Gasteiger partial charge in [0.1, 0.15) is 17.8 Å². The number of aryl methyl sites for hydroxylation is 1. The Balaban J connectivity index is 1.29. The van der Waals surface area contributed by atoms with Gasteiger partial charge in [-0.05, 0) is 44.0 Å². The Bertz CT molecular complexity index is 1090. The Morgan fingerprint density at radius 1 is 1.28 bits per heavy atom. The van der Waals surface area contributed by atoms with Gasteiger partial charge in [-0.3, -0.25) is 10.1 Å². The smallest absolute Gasteiger partial charge is 0.258 e. The van der Waals surface area contributed by atoms with Gasteiger partial charge in [-0.25, -0.2) is 4.39 Å². The molecule has 10 heteroatoms. The van der Waals surface area contributed by atoms with Crippen LogP contribution in [0.15, 0.2) is 46.9 Å². The number of rotatable bonds is 6. The highest BCUT2D eigenvalue weighted by Crippen LogP contribution is 2.27. The van der Waals surface area contributed by atoms with E-state index in [-0.39, 0.29) is 23.4 Å². The van der Waals surface area contributed by atoms with Gasteiger partial charge in [-0.2, -0.15) is 0 Å². The van der Waals surface area contributed by atoms with Crippen molar-refractivity contribution in [3.05, 3.63) is 64.8 Å². The predicted octanol–water partition coefficient (Wildman–Crippen LogP) is 3.14. The lowest BCUT2D eigenvalue weighted by Gasteiger charge is -2.33. The first kappa shape index (κ1) is 22.2. The van der Waals surface area contributed by atoms with Gasteiger partial charge in [0.05, 0.1) is 17.1 Å². The molecular weight excluding hydrogens is 439 g/mol. The van der Waals surface area contributed by atoms with Gasteiger partial charge in [-0.15, -0.1) is 10.2 Å². The second kappa shape index (κ2) is 9.64. The number of halogens is 2. The van der Waals surface area contributed by atoms with Crippen molar-refractivity contribution in [2.24, 2.45) is 0 Å². The van der Waals surface area contributed by atoms with Gasteiger partial charge in [0.25, 0.3) is 5.91 Å². The minimum atomic E-state index is -1.01. The molecule has 1 amide bonds. The van der Waals surface area contributed by atoms with Crippen LogP contribution in [0.2, 0.25) is 5.02 Å². The van der Waals surface area contributed by atoms with E-state index >= 15 is 0 Å². The average Bonchev–Trinajstić information content (AvgIpc) is 3.27. The molecule has 0 spiro atoms. The van der Waals surface area contributed by atoms with Crippen LogP contribution in [0.4, 0.5) is 4.39 Å². The highest BCUT2D eigenvalue weighted by atomic mass is 35.5. The molecular formula is C22H22ClFN4O4. The van der Waals surface area contributed by atoms with Crippen LogP contribution in [0.5, 0.6) is 5.75 Å². The molecule has 0 saturated carbocycles. The number of carbonyl (C=O) groups excluding carboxylic acids is 1. The van der Waals surface area contributed by atoms with Crippen molar-refractivity contribution in [2.45, 2.75) is 38.1 Å². The Morgan fingerprint density at radius 3 is 2.78 bits per heavy atom. The van der Waals surface area contributed by atoms with Crippen LogP contribution in [0.25, 0.3) is 11.5 Å². The quantitative estimate of drug-likeness (QED) is 0.518. The molecule has 1 aliphatic heterocycles. The minimum Gasteiger partial charge on any atom is -0.484 e. The molecule has 168 valence electrons. The summed E-state index contributed by atoms with van der Waals surface area (Å²) in [4.78, 5) is 12.2. The van der Waals surface area contributed by atoms with E-state index in [1.807, 2.05) is 31.2 Å². The zero-order chi connectivity index (χ0) is 22.7.